The van der Waals surface area contributed by atoms with Gasteiger partial charge in [-0.15, -0.1) is 0 Å². The molecular weight excluding hydrogens is 232 g/mol. The minimum absolute atomic E-state index is 0.148. The van der Waals surface area contributed by atoms with Crippen molar-refractivity contribution in [3.8, 4) is 0 Å². The Labute approximate surface area is 119 Å². The van der Waals surface area contributed by atoms with Crippen LogP contribution in [0.3, 0.4) is 0 Å². The summed E-state index contributed by atoms with van der Waals surface area (Å²) in [7, 11) is 0. The molecule has 0 fully saturated rings. The Morgan fingerprint density at radius 2 is 1.74 bits per heavy atom. The van der Waals surface area contributed by atoms with Gasteiger partial charge in [-0.25, -0.2) is 0 Å². The number of hydrogen-bond donors (Lipinski definition) is 1. The number of nitrogens with zero attached hydrogens (tertiary/aromatic N) is 1. The van der Waals surface area contributed by atoms with Crippen molar-refractivity contribution in [2.24, 2.45) is 11.7 Å². The average Bonchev–Trinajstić information content (AvgIpc) is 2.34. The summed E-state index contributed by atoms with van der Waals surface area (Å²) in [5.74, 6) is 0.706. The molecule has 2 heteroatoms. The molecule has 0 amide bonds. The second-order valence-electron chi connectivity index (χ2n) is 6.23. The molecule has 0 saturated heterocycles. The van der Waals surface area contributed by atoms with Crippen molar-refractivity contribution in [3.05, 3.63) is 35.4 Å². The fourth-order valence-electron chi connectivity index (χ4n) is 2.49. The monoisotopic (exact) mass is 262 g/mol. The fourth-order valence-corrected chi connectivity index (χ4v) is 2.49. The molecule has 2 nitrogen and oxygen atoms in total. The van der Waals surface area contributed by atoms with Gasteiger partial charge in [0, 0.05) is 25.2 Å². The summed E-state index contributed by atoms with van der Waals surface area (Å²) in [6.45, 7) is 13.4. The zero-order valence-electron chi connectivity index (χ0n) is 13.2. The second-order valence-corrected chi connectivity index (χ2v) is 6.23. The lowest BCUT2D eigenvalue weighted by molar-refractivity contribution is 0.191. The van der Waals surface area contributed by atoms with Gasteiger partial charge < -0.3 is 10.6 Å². The highest BCUT2D eigenvalue weighted by Crippen LogP contribution is 2.19. The van der Waals surface area contributed by atoms with Crippen molar-refractivity contribution in [1.29, 1.82) is 0 Å². The predicted octanol–water partition coefficient (Wildman–Crippen LogP) is 3.75. The Morgan fingerprint density at radius 3 is 2.26 bits per heavy atom. The third-order valence-electron chi connectivity index (χ3n) is 3.65. The van der Waals surface area contributed by atoms with E-state index in [0.29, 0.717) is 12.0 Å². The molecular formula is C17H30N2. The summed E-state index contributed by atoms with van der Waals surface area (Å²) in [5.41, 5.74) is 8.94. The molecule has 0 aliphatic heterocycles. The summed E-state index contributed by atoms with van der Waals surface area (Å²) in [4.78, 5) is 2.53. The first-order valence-electron chi connectivity index (χ1n) is 7.47. The molecule has 0 aromatic heterocycles. The first kappa shape index (κ1) is 16.2. The van der Waals surface area contributed by atoms with Crippen LogP contribution < -0.4 is 5.73 Å². The van der Waals surface area contributed by atoms with Gasteiger partial charge in [0.2, 0.25) is 0 Å². The lowest BCUT2D eigenvalue weighted by Crippen LogP contribution is -2.36. The topological polar surface area (TPSA) is 29.3 Å². The van der Waals surface area contributed by atoms with E-state index in [1.807, 2.05) is 0 Å². The number of aryl methyl sites for hydroxylation is 1. The molecule has 0 aliphatic rings. The normalized spacial score (nSPS) is 13.5. The molecule has 1 rings (SSSR count). The standard InChI is InChI=1S/C17H30N2/c1-13(2)12-19(14(3)4)11-10-17(18)16-9-7-6-8-15(16)5/h6-9,13-14,17H,10-12,18H2,1-5H3. The van der Waals surface area contributed by atoms with Crippen LogP contribution in [0.2, 0.25) is 0 Å². The third kappa shape index (κ3) is 5.33. The molecule has 1 atom stereocenters. The maximum Gasteiger partial charge on any atom is 0.0309 e. The van der Waals surface area contributed by atoms with Crippen LogP contribution >= 0.6 is 0 Å². The van der Waals surface area contributed by atoms with Crippen LogP contribution in [0.25, 0.3) is 0 Å². The minimum Gasteiger partial charge on any atom is -0.324 e. The average molecular weight is 262 g/mol. The van der Waals surface area contributed by atoms with Crippen LogP contribution in [-0.4, -0.2) is 24.0 Å². The van der Waals surface area contributed by atoms with Crippen LogP contribution in [-0.2, 0) is 0 Å². The van der Waals surface area contributed by atoms with E-state index in [4.69, 9.17) is 5.73 Å². The van der Waals surface area contributed by atoms with Crippen molar-refractivity contribution in [2.75, 3.05) is 13.1 Å². The smallest absolute Gasteiger partial charge is 0.0309 e. The van der Waals surface area contributed by atoms with Crippen LogP contribution in [0.5, 0.6) is 0 Å². The van der Waals surface area contributed by atoms with E-state index < -0.39 is 0 Å². The van der Waals surface area contributed by atoms with E-state index in [9.17, 15) is 0 Å². The Morgan fingerprint density at radius 1 is 1.11 bits per heavy atom. The Balaban J connectivity index is 2.57. The maximum atomic E-state index is 6.35. The van der Waals surface area contributed by atoms with Gasteiger partial charge in [0.25, 0.3) is 0 Å². The first-order valence-corrected chi connectivity index (χ1v) is 7.47. The maximum absolute atomic E-state index is 6.35. The number of nitrogens with two attached hydrogens (primary N) is 1. The van der Waals surface area contributed by atoms with E-state index in [1.54, 1.807) is 0 Å². The molecule has 0 radical (unpaired) electrons. The number of hydrogen-bond acceptors (Lipinski definition) is 2. The van der Waals surface area contributed by atoms with Crippen molar-refractivity contribution in [1.82, 2.24) is 4.90 Å². The van der Waals surface area contributed by atoms with Crippen molar-refractivity contribution >= 4 is 0 Å². The summed E-state index contributed by atoms with van der Waals surface area (Å²) in [6.07, 6.45) is 1.02. The molecule has 0 aliphatic carbocycles. The third-order valence-corrected chi connectivity index (χ3v) is 3.65. The lowest BCUT2D eigenvalue weighted by atomic mass is 9.99. The van der Waals surface area contributed by atoms with E-state index in [1.165, 1.54) is 11.1 Å². The predicted molar refractivity (Wildman–Crippen MR) is 84.3 cm³/mol. The summed E-state index contributed by atoms with van der Waals surface area (Å²) in [5, 5.41) is 0. The van der Waals surface area contributed by atoms with E-state index in [0.717, 1.165) is 19.5 Å². The minimum atomic E-state index is 0.148. The molecule has 0 spiro atoms. The molecule has 1 aromatic carbocycles. The molecule has 1 unspecified atom stereocenters. The molecule has 0 bridgehead atoms. The highest BCUT2D eigenvalue weighted by molar-refractivity contribution is 5.28. The van der Waals surface area contributed by atoms with Crippen molar-refractivity contribution in [2.45, 2.75) is 53.1 Å². The molecule has 0 saturated carbocycles. The molecule has 0 heterocycles. The SMILES string of the molecule is Cc1ccccc1C(N)CCN(CC(C)C)C(C)C. The van der Waals surface area contributed by atoms with Crippen LogP contribution in [0.4, 0.5) is 0 Å². The van der Waals surface area contributed by atoms with Gasteiger partial charge in [-0.05, 0) is 44.2 Å². The highest BCUT2D eigenvalue weighted by Gasteiger charge is 2.14. The summed E-state index contributed by atoms with van der Waals surface area (Å²) in [6, 6.07) is 9.19. The Kier molecular flexibility index (Phi) is 6.53. The van der Waals surface area contributed by atoms with Crippen LogP contribution in [0, 0.1) is 12.8 Å². The quantitative estimate of drug-likeness (QED) is 0.811. The zero-order valence-corrected chi connectivity index (χ0v) is 13.2. The second kappa shape index (κ2) is 7.66. The molecule has 2 N–H and O–H groups in total. The van der Waals surface area contributed by atoms with Crippen molar-refractivity contribution in [3.63, 3.8) is 0 Å². The van der Waals surface area contributed by atoms with Crippen molar-refractivity contribution < 1.29 is 0 Å². The van der Waals surface area contributed by atoms with E-state index in [-0.39, 0.29) is 6.04 Å². The summed E-state index contributed by atoms with van der Waals surface area (Å²) < 4.78 is 0. The van der Waals surface area contributed by atoms with Gasteiger partial charge in [0.15, 0.2) is 0 Å². The largest absolute Gasteiger partial charge is 0.324 e. The Bertz CT molecular complexity index is 371. The van der Waals surface area contributed by atoms with Gasteiger partial charge in [0.1, 0.15) is 0 Å². The highest BCUT2D eigenvalue weighted by atomic mass is 15.1. The van der Waals surface area contributed by atoms with Crippen LogP contribution in [0.1, 0.15) is 51.3 Å². The lowest BCUT2D eigenvalue weighted by Gasteiger charge is -2.29. The van der Waals surface area contributed by atoms with Gasteiger partial charge in [0.05, 0.1) is 0 Å². The fraction of sp³-hybridized carbons (Fsp3) is 0.647. The van der Waals surface area contributed by atoms with Gasteiger partial charge >= 0.3 is 0 Å². The first-order chi connectivity index (χ1) is 8.91. The van der Waals surface area contributed by atoms with E-state index in [2.05, 4.69) is 63.8 Å². The van der Waals surface area contributed by atoms with Gasteiger partial charge in [-0.1, -0.05) is 38.1 Å². The molecule has 1 aromatic rings. The Hall–Kier alpha value is -0.860. The zero-order chi connectivity index (χ0) is 14.4. The van der Waals surface area contributed by atoms with Gasteiger partial charge in [-0.2, -0.15) is 0 Å². The molecule has 108 valence electrons. The van der Waals surface area contributed by atoms with Crippen LogP contribution in [0.15, 0.2) is 24.3 Å². The number of benzene rings is 1. The van der Waals surface area contributed by atoms with Gasteiger partial charge in [-0.3, -0.25) is 0 Å². The summed E-state index contributed by atoms with van der Waals surface area (Å²) >= 11 is 0. The van der Waals surface area contributed by atoms with E-state index >= 15 is 0 Å². The molecule has 19 heavy (non-hydrogen) atoms. The number of rotatable bonds is 7.